The second-order valence-electron chi connectivity index (χ2n) is 4.54. The smallest absolute Gasteiger partial charge is 0.241 e. The van der Waals surface area contributed by atoms with E-state index < -0.39 is 10.0 Å². The zero-order valence-electron chi connectivity index (χ0n) is 10.7. The highest BCUT2D eigenvalue weighted by atomic mass is 32.2. The van der Waals surface area contributed by atoms with Gasteiger partial charge in [0, 0.05) is 11.4 Å². The lowest BCUT2D eigenvalue weighted by Crippen LogP contribution is -2.28. The molecule has 0 spiro atoms. The Balaban J connectivity index is 1.81. The molecule has 0 aliphatic heterocycles. The highest BCUT2D eigenvalue weighted by molar-refractivity contribution is 7.89. The number of sulfonamides is 1. The van der Waals surface area contributed by atoms with Crippen molar-refractivity contribution in [1.29, 1.82) is 0 Å². The van der Waals surface area contributed by atoms with Crippen LogP contribution in [0.25, 0.3) is 0 Å². The van der Waals surface area contributed by atoms with E-state index in [-0.39, 0.29) is 18.0 Å². The van der Waals surface area contributed by atoms with Crippen LogP contribution in [-0.4, -0.2) is 32.8 Å². The third-order valence-corrected chi connectivity index (χ3v) is 5.77. The molecule has 0 saturated heterocycles. The molecule has 0 aromatic carbocycles. The molecule has 108 valence electrons. The molecule has 2 N–H and O–H groups in total. The predicted molar refractivity (Wildman–Crippen MR) is 73.6 cm³/mol. The van der Waals surface area contributed by atoms with E-state index in [1.165, 1.54) is 30.2 Å². The molecule has 1 aromatic rings. The molecule has 2 rings (SSSR count). The Kier molecular flexibility index (Phi) is 5.35. The van der Waals surface area contributed by atoms with Crippen LogP contribution >= 0.6 is 11.3 Å². The first-order chi connectivity index (χ1) is 9.13. The molecular weight excluding hydrogens is 286 g/mol. The van der Waals surface area contributed by atoms with Gasteiger partial charge < -0.3 is 9.84 Å². The standard InChI is InChI=1S/C12H19NO4S2/c14-9-11-12(5-8-18-11)19(15,16)13-6-7-17-10-3-1-2-4-10/h5,8,10,13-14H,1-4,6-7,9H2. The highest BCUT2D eigenvalue weighted by Gasteiger charge is 2.19. The molecule has 1 fully saturated rings. The van der Waals surface area contributed by atoms with Crippen LogP contribution in [0, 0.1) is 0 Å². The van der Waals surface area contributed by atoms with Gasteiger partial charge in [-0.3, -0.25) is 0 Å². The predicted octanol–water partition coefficient (Wildman–Crippen LogP) is 1.48. The maximum Gasteiger partial charge on any atom is 0.241 e. The quantitative estimate of drug-likeness (QED) is 0.748. The number of hydrogen-bond donors (Lipinski definition) is 2. The lowest BCUT2D eigenvalue weighted by molar-refractivity contribution is 0.0626. The molecule has 1 heterocycles. The van der Waals surface area contributed by atoms with E-state index in [1.54, 1.807) is 5.38 Å². The van der Waals surface area contributed by atoms with E-state index in [0.29, 0.717) is 17.6 Å². The first kappa shape index (κ1) is 14.9. The second kappa shape index (κ2) is 6.81. The minimum atomic E-state index is -3.54. The average Bonchev–Trinajstić information content (AvgIpc) is 3.05. The van der Waals surface area contributed by atoms with Gasteiger partial charge in [0.15, 0.2) is 0 Å². The number of aliphatic hydroxyl groups is 1. The van der Waals surface area contributed by atoms with Crippen molar-refractivity contribution >= 4 is 21.4 Å². The Hall–Kier alpha value is -0.470. The molecule has 19 heavy (non-hydrogen) atoms. The van der Waals surface area contributed by atoms with Crippen LogP contribution in [0.15, 0.2) is 16.3 Å². The third-order valence-electron chi connectivity index (χ3n) is 3.19. The van der Waals surface area contributed by atoms with Crippen molar-refractivity contribution in [2.24, 2.45) is 0 Å². The molecule has 1 aromatic heterocycles. The number of hydrogen-bond acceptors (Lipinski definition) is 5. The summed E-state index contributed by atoms with van der Waals surface area (Å²) < 4.78 is 32.1. The molecule has 1 aliphatic rings. The summed E-state index contributed by atoms with van der Waals surface area (Å²) in [7, 11) is -3.54. The SMILES string of the molecule is O=S(=O)(NCCOC1CCCC1)c1ccsc1CO. The van der Waals surface area contributed by atoms with E-state index in [4.69, 9.17) is 9.84 Å². The molecule has 0 radical (unpaired) electrons. The molecular formula is C12H19NO4S2. The number of ether oxygens (including phenoxy) is 1. The summed E-state index contributed by atoms with van der Waals surface area (Å²) in [6.07, 6.45) is 4.84. The lowest BCUT2D eigenvalue weighted by Gasteiger charge is -2.11. The minimum Gasteiger partial charge on any atom is -0.391 e. The van der Waals surface area contributed by atoms with Gasteiger partial charge >= 0.3 is 0 Å². The maximum atomic E-state index is 12.0. The van der Waals surface area contributed by atoms with Crippen molar-refractivity contribution in [2.45, 2.75) is 43.3 Å². The van der Waals surface area contributed by atoms with Gasteiger partial charge in [0.1, 0.15) is 0 Å². The van der Waals surface area contributed by atoms with Crippen LogP contribution in [0.5, 0.6) is 0 Å². The Morgan fingerprint density at radius 2 is 2.16 bits per heavy atom. The van der Waals surface area contributed by atoms with E-state index >= 15 is 0 Å². The van der Waals surface area contributed by atoms with Crippen LogP contribution in [-0.2, 0) is 21.4 Å². The van der Waals surface area contributed by atoms with E-state index in [2.05, 4.69) is 4.72 Å². The summed E-state index contributed by atoms with van der Waals surface area (Å²) in [5.74, 6) is 0. The summed E-state index contributed by atoms with van der Waals surface area (Å²) in [5, 5.41) is 10.7. The first-order valence-electron chi connectivity index (χ1n) is 6.42. The number of aliphatic hydroxyl groups excluding tert-OH is 1. The van der Waals surface area contributed by atoms with Crippen molar-refractivity contribution in [3.8, 4) is 0 Å². The zero-order valence-corrected chi connectivity index (χ0v) is 12.3. The molecule has 5 nitrogen and oxygen atoms in total. The van der Waals surface area contributed by atoms with Gasteiger partial charge in [0.2, 0.25) is 10.0 Å². The van der Waals surface area contributed by atoms with Gasteiger partial charge in [-0.2, -0.15) is 0 Å². The fourth-order valence-corrected chi connectivity index (χ4v) is 4.52. The molecule has 1 saturated carbocycles. The van der Waals surface area contributed by atoms with Gasteiger partial charge in [-0.15, -0.1) is 11.3 Å². The van der Waals surface area contributed by atoms with Crippen LogP contribution in [0.3, 0.4) is 0 Å². The van der Waals surface area contributed by atoms with E-state index in [1.807, 2.05) is 0 Å². The van der Waals surface area contributed by atoms with Gasteiger partial charge in [0.05, 0.1) is 24.2 Å². The molecule has 0 amide bonds. The maximum absolute atomic E-state index is 12.0. The Morgan fingerprint density at radius 3 is 2.84 bits per heavy atom. The fraction of sp³-hybridized carbons (Fsp3) is 0.667. The van der Waals surface area contributed by atoms with Crippen molar-refractivity contribution in [1.82, 2.24) is 4.72 Å². The van der Waals surface area contributed by atoms with Gasteiger partial charge in [0.25, 0.3) is 0 Å². The van der Waals surface area contributed by atoms with Crippen molar-refractivity contribution in [3.63, 3.8) is 0 Å². The van der Waals surface area contributed by atoms with Crippen molar-refractivity contribution < 1.29 is 18.3 Å². The van der Waals surface area contributed by atoms with E-state index in [0.717, 1.165) is 12.8 Å². The molecule has 1 aliphatic carbocycles. The normalized spacial score (nSPS) is 17.1. The van der Waals surface area contributed by atoms with Crippen LogP contribution in [0.2, 0.25) is 0 Å². The highest BCUT2D eigenvalue weighted by Crippen LogP contribution is 2.22. The van der Waals surface area contributed by atoms with Crippen molar-refractivity contribution in [3.05, 3.63) is 16.3 Å². The Morgan fingerprint density at radius 1 is 1.42 bits per heavy atom. The van der Waals surface area contributed by atoms with Crippen LogP contribution in [0.4, 0.5) is 0 Å². The monoisotopic (exact) mass is 305 g/mol. The zero-order chi connectivity index (χ0) is 13.7. The topological polar surface area (TPSA) is 75.6 Å². The lowest BCUT2D eigenvalue weighted by atomic mass is 10.3. The van der Waals surface area contributed by atoms with Gasteiger partial charge in [-0.05, 0) is 24.3 Å². The average molecular weight is 305 g/mol. The third kappa shape index (κ3) is 4.00. The summed E-state index contributed by atoms with van der Waals surface area (Å²) in [4.78, 5) is 0.630. The molecule has 0 bridgehead atoms. The van der Waals surface area contributed by atoms with Crippen molar-refractivity contribution in [2.75, 3.05) is 13.2 Å². The fourth-order valence-electron chi connectivity index (χ4n) is 2.22. The number of nitrogens with one attached hydrogen (secondary N) is 1. The summed E-state index contributed by atoms with van der Waals surface area (Å²) in [6.45, 7) is 0.397. The molecule has 0 atom stereocenters. The summed E-state index contributed by atoms with van der Waals surface area (Å²) >= 11 is 1.24. The first-order valence-corrected chi connectivity index (χ1v) is 8.78. The molecule has 0 unspecified atom stereocenters. The Labute approximate surface area is 117 Å². The number of rotatable bonds is 7. The van der Waals surface area contributed by atoms with Gasteiger partial charge in [-0.25, -0.2) is 13.1 Å². The Bertz CT molecular complexity index is 492. The molecule has 7 heteroatoms. The largest absolute Gasteiger partial charge is 0.391 e. The van der Waals surface area contributed by atoms with E-state index in [9.17, 15) is 8.42 Å². The second-order valence-corrected chi connectivity index (χ2v) is 7.28. The minimum absolute atomic E-state index is 0.167. The summed E-state index contributed by atoms with van der Waals surface area (Å²) in [6, 6.07) is 1.51. The number of thiophene rings is 1. The van der Waals surface area contributed by atoms with Crippen LogP contribution < -0.4 is 4.72 Å². The van der Waals surface area contributed by atoms with Crippen LogP contribution in [0.1, 0.15) is 30.6 Å². The van der Waals surface area contributed by atoms with Gasteiger partial charge in [-0.1, -0.05) is 12.8 Å². The summed E-state index contributed by atoms with van der Waals surface area (Å²) in [5.41, 5.74) is 0.